The third-order valence-corrected chi connectivity index (χ3v) is 4.01. The van der Waals surface area contributed by atoms with Gasteiger partial charge in [0.15, 0.2) is 0 Å². The molecule has 0 aromatic heterocycles. The van der Waals surface area contributed by atoms with Gasteiger partial charge in [-0.15, -0.1) is 0 Å². The van der Waals surface area contributed by atoms with E-state index in [4.69, 9.17) is 0 Å². The fraction of sp³-hybridized carbons (Fsp3) is 0.944. The molecule has 0 amide bonds. The molecule has 0 bridgehead atoms. The second-order valence-corrected chi connectivity index (χ2v) is 6.60. The summed E-state index contributed by atoms with van der Waals surface area (Å²) in [5.41, 5.74) is 0.279. The molecule has 0 aromatic carbocycles. The van der Waals surface area contributed by atoms with Gasteiger partial charge in [0.2, 0.25) is 0 Å². The molecular weight excluding hydrogens is 230 g/mol. The minimum Gasteiger partial charge on any atom is -0.312 e. The highest BCUT2D eigenvalue weighted by Gasteiger charge is 2.14. The number of hydrogen-bond acceptors (Lipinski definition) is 1. The van der Waals surface area contributed by atoms with E-state index in [9.17, 15) is 0 Å². The van der Waals surface area contributed by atoms with Gasteiger partial charge in [-0.2, -0.15) is 0 Å². The Hall–Kier alpha value is -0.0400. The minimum atomic E-state index is 0.279. The Balaban J connectivity index is 3.14. The maximum Gasteiger partial charge on any atom is 0.0125 e. The molecular formula is C18H38N. The molecule has 1 nitrogen and oxygen atoms in total. The fourth-order valence-corrected chi connectivity index (χ4v) is 2.66. The first-order valence-corrected chi connectivity index (χ1v) is 8.66. The van der Waals surface area contributed by atoms with Crippen LogP contribution in [0.2, 0.25) is 0 Å². The van der Waals surface area contributed by atoms with Crippen molar-refractivity contribution in [3.63, 3.8) is 0 Å². The summed E-state index contributed by atoms with van der Waals surface area (Å²) < 4.78 is 0. The van der Waals surface area contributed by atoms with Gasteiger partial charge < -0.3 is 5.32 Å². The summed E-state index contributed by atoms with van der Waals surface area (Å²) in [4.78, 5) is 0. The summed E-state index contributed by atoms with van der Waals surface area (Å²) in [6.07, 6.45) is 17.0. The van der Waals surface area contributed by atoms with E-state index in [1.54, 1.807) is 0 Å². The van der Waals surface area contributed by atoms with Gasteiger partial charge >= 0.3 is 0 Å². The first-order chi connectivity index (χ1) is 9.12. The first kappa shape index (κ1) is 19.0. The average molecular weight is 269 g/mol. The third kappa shape index (κ3) is 14.2. The Morgan fingerprint density at radius 1 is 0.737 bits per heavy atom. The van der Waals surface area contributed by atoms with Gasteiger partial charge in [-0.3, -0.25) is 0 Å². The van der Waals surface area contributed by atoms with Crippen LogP contribution < -0.4 is 5.32 Å². The number of nitrogens with one attached hydrogen (secondary N) is 1. The molecule has 0 atom stereocenters. The highest BCUT2D eigenvalue weighted by Crippen LogP contribution is 2.16. The monoisotopic (exact) mass is 268 g/mol. The van der Waals surface area contributed by atoms with Crippen molar-refractivity contribution in [1.29, 1.82) is 0 Å². The zero-order chi connectivity index (χ0) is 14.4. The van der Waals surface area contributed by atoms with Crippen LogP contribution in [0.15, 0.2) is 0 Å². The minimum absolute atomic E-state index is 0.279. The number of rotatable bonds is 14. The van der Waals surface area contributed by atoms with Gasteiger partial charge in [0.1, 0.15) is 0 Å². The van der Waals surface area contributed by atoms with Crippen molar-refractivity contribution >= 4 is 0 Å². The molecule has 0 unspecified atom stereocenters. The molecule has 0 aromatic rings. The second kappa shape index (κ2) is 13.0. The van der Waals surface area contributed by atoms with E-state index in [1.165, 1.54) is 77.0 Å². The van der Waals surface area contributed by atoms with Crippen molar-refractivity contribution in [3.8, 4) is 0 Å². The van der Waals surface area contributed by atoms with Gasteiger partial charge in [0.25, 0.3) is 0 Å². The van der Waals surface area contributed by atoms with E-state index >= 15 is 0 Å². The van der Waals surface area contributed by atoms with E-state index < -0.39 is 0 Å². The van der Waals surface area contributed by atoms with Crippen molar-refractivity contribution in [2.24, 2.45) is 0 Å². The lowest BCUT2D eigenvalue weighted by Crippen LogP contribution is -2.38. The second-order valence-electron chi connectivity index (χ2n) is 6.60. The Bertz CT molecular complexity index is 175. The zero-order valence-corrected chi connectivity index (χ0v) is 13.9. The van der Waals surface area contributed by atoms with Crippen molar-refractivity contribution in [3.05, 3.63) is 6.92 Å². The molecule has 115 valence electrons. The summed E-state index contributed by atoms with van der Waals surface area (Å²) in [7, 11) is 0. The lowest BCUT2D eigenvalue weighted by molar-refractivity contribution is 0.360. The number of unbranched alkanes of at least 4 members (excludes halogenated alkanes) is 10. The molecule has 0 spiro atoms. The normalized spacial score (nSPS) is 12.0. The largest absolute Gasteiger partial charge is 0.312 e. The molecule has 0 aliphatic heterocycles. The van der Waals surface area contributed by atoms with E-state index in [2.05, 4.69) is 33.0 Å². The molecule has 0 heterocycles. The average Bonchev–Trinajstić information content (AvgIpc) is 2.36. The van der Waals surface area contributed by atoms with Gasteiger partial charge in [0, 0.05) is 5.54 Å². The lowest BCUT2D eigenvalue weighted by Gasteiger charge is -2.25. The topological polar surface area (TPSA) is 12.0 Å². The Morgan fingerprint density at radius 3 is 1.58 bits per heavy atom. The van der Waals surface area contributed by atoms with Crippen molar-refractivity contribution in [1.82, 2.24) is 5.32 Å². The van der Waals surface area contributed by atoms with Crippen LogP contribution in [-0.2, 0) is 0 Å². The van der Waals surface area contributed by atoms with E-state index in [1.807, 2.05) is 0 Å². The molecule has 1 heteroatoms. The van der Waals surface area contributed by atoms with Crippen molar-refractivity contribution in [2.75, 3.05) is 6.54 Å². The fourth-order valence-electron chi connectivity index (χ4n) is 2.66. The summed E-state index contributed by atoms with van der Waals surface area (Å²) in [5, 5.41) is 3.45. The van der Waals surface area contributed by atoms with Gasteiger partial charge in [-0.05, 0) is 33.7 Å². The standard InChI is InChI=1S/C18H38N/c1-5-7-8-9-10-11-12-13-14-15-16-17-18(3,4)19-6-2/h19H,2,5-17H2,1,3-4H3. The molecule has 0 saturated heterocycles. The van der Waals surface area contributed by atoms with Crippen LogP contribution in [0, 0.1) is 6.92 Å². The van der Waals surface area contributed by atoms with Gasteiger partial charge in [-0.25, -0.2) is 0 Å². The molecule has 19 heavy (non-hydrogen) atoms. The maximum absolute atomic E-state index is 3.86. The van der Waals surface area contributed by atoms with Crippen LogP contribution in [0.4, 0.5) is 0 Å². The lowest BCUT2D eigenvalue weighted by atomic mass is 9.96. The molecule has 0 aliphatic carbocycles. The summed E-state index contributed by atoms with van der Waals surface area (Å²) >= 11 is 0. The first-order valence-electron chi connectivity index (χ1n) is 8.66. The zero-order valence-electron chi connectivity index (χ0n) is 13.9. The predicted molar refractivity (Wildman–Crippen MR) is 88.5 cm³/mol. The van der Waals surface area contributed by atoms with Crippen LogP contribution in [0.3, 0.4) is 0 Å². The summed E-state index contributed by atoms with van der Waals surface area (Å²) in [6.45, 7) is 11.6. The summed E-state index contributed by atoms with van der Waals surface area (Å²) in [5.74, 6) is 0. The Labute approximate surface area is 122 Å². The predicted octanol–water partition coefficient (Wildman–Crippen LogP) is 5.89. The van der Waals surface area contributed by atoms with Crippen LogP contribution in [0.25, 0.3) is 0 Å². The van der Waals surface area contributed by atoms with Gasteiger partial charge in [-0.1, -0.05) is 77.6 Å². The molecule has 1 N–H and O–H groups in total. The van der Waals surface area contributed by atoms with Crippen molar-refractivity contribution < 1.29 is 0 Å². The number of hydrogen-bond donors (Lipinski definition) is 1. The third-order valence-electron chi connectivity index (χ3n) is 4.01. The highest BCUT2D eigenvalue weighted by atomic mass is 14.9. The van der Waals surface area contributed by atoms with Crippen LogP contribution >= 0.6 is 0 Å². The smallest absolute Gasteiger partial charge is 0.0125 e. The van der Waals surface area contributed by atoms with Crippen LogP contribution in [-0.4, -0.2) is 12.1 Å². The van der Waals surface area contributed by atoms with Crippen LogP contribution in [0.1, 0.15) is 97.8 Å². The van der Waals surface area contributed by atoms with E-state index in [-0.39, 0.29) is 5.54 Å². The maximum atomic E-state index is 3.86. The van der Waals surface area contributed by atoms with E-state index in [0.29, 0.717) is 0 Å². The SMILES string of the molecule is [CH2]CNC(C)(C)CCCCCCCCCCCCC. The van der Waals surface area contributed by atoms with Crippen molar-refractivity contribution in [2.45, 2.75) is 103 Å². The van der Waals surface area contributed by atoms with Gasteiger partial charge in [0.05, 0.1) is 0 Å². The highest BCUT2D eigenvalue weighted by molar-refractivity contribution is 4.77. The Kier molecular flexibility index (Phi) is 12.9. The molecule has 0 rings (SSSR count). The Morgan fingerprint density at radius 2 is 1.16 bits per heavy atom. The summed E-state index contributed by atoms with van der Waals surface area (Å²) in [6, 6.07) is 0. The quantitative estimate of drug-likeness (QED) is 0.387. The molecule has 0 aliphatic rings. The van der Waals surface area contributed by atoms with E-state index in [0.717, 1.165) is 6.54 Å². The molecule has 1 radical (unpaired) electrons. The molecule has 0 fully saturated rings. The molecule has 0 saturated carbocycles. The van der Waals surface area contributed by atoms with Crippen LogP contribution in [0.5, 0.6) is 0 Å².